The normalized spacial score (nSPS) is 21.0. The molecule has 0 amide bonds. The molecule has 1 fully saturated rings. The minimum Gasteiger partial charge on any atom is -0.308 e. The van der Waals surface area contributed by atoms with Crippen LogP contribution in [0.25, 0.3) is 0 Å². The molecule has 1 saturated heterocycles. The Morgan fingerprint density at radius 2 is 2.35 bits per heavy atom. The molecule has 1 aromatic rings. The van der Waals surface area contributed by atoms with Gasteiger partial charge in [0.15, 0.2) is 5.82 Å². The van der Waals surface area contributed by atoms with Crippen molar-refractivity contribution in [2.45, 2.75) is 38.2 Å². The summed E-state index contributed by atoms with van der Waals surface area (Å²) in [7, 11) is 0. The number of thioether (sulfide) groups is 2. The van der Waals surface area contributed by atoms with E-state index < -0.39 is 0 Å². The topological polar surface area (TPSA) is 55.6 Å². The molecule has 1 aliphatic rings. The van der Waals surface area contributed by atoms with Crippen LogP contribution in [0.1, 0.15) is 19.7 Å². The van der Waals surface area contributed by atoms with Crippen molar-refractivity contribution in [2.24, 2.45) is 0 Å². The highest BCUT2D eigenvalue weighted by atomic mass is 32.2. The molecule has 5 nitrogen and oxygen atoms in total. The third-order valence-electron chi connectivity index (χ3n) is 2.54. The largest absolute Gasteiger partial charge is 0.308 e. The Hall–Kier alpha value is -0.270. The minimum absolute atomic E-state index is 0.458. The van der Waals surface area contributed by atoms with Gasteiger partial charge in [-0.15, -0.1) is 5.10 Å². The van der Waals surface area contributed by atoms with Crippen LogP contribution in [0, 0.1) is 0 Å². The van der Waals surface area contributed by atoms with Crippen LogP contribution in [0.4, 0.5) is 0 Å². The van der Waals surface area contributed by atoms with Gasteiger partial charge >= 0.3 is 0 Å². The number of aromatic nitrogens is 4. The van der Waals surface area contributed by atoms with Crippen molar-refractivity contribution < 1.29 is 0 Å². The van der Waals surface area contributed by atoms with Gasteiger partial charge in [0.05, 0.1) is 13.1 Å². The fourth-order valence-electron chi connectivity index (χ4n) is 1.62. The molecule has 1 N–H and O–H groups in total. The fourth-order valence-corrected chi connectivity index (χ4v) is 4.27. The first kappa shape index (κ1) is 13.2. The highest BCUT2D eigenvalue weighted by molar-refractivity contribution is 8.06. The van der Waals surface area contributed by atoms with Gasteiger partial charge in [0, 0.05) is 28.6 Å². The van der Waals surface area contributed by atoms with E-state index in [2.05, 4.69) is 34.7 Å². The number of nitrogens with zero attached hydrogens (tertiary/aromatic N) is 4. The molecule has 1 aromatic heterocycles. The zero-order chi connectivity index (χ0) is 12.1. The Morgan fingerprint density at radius 1 is 1.47 bits per heavy atom. The first-order valence-corrected chi connectivity index (χ1v) is 8.14. The quantitative estimate of drug-likeness (QED) is 0.864. The average Bonchev–Trinajstić information content (AvgIpc) is 2.75. The van der Waals surface area contributed by atoms with Gasteiger partial charge in [0.25, 0.3) is 0 Å². The lowest BCUT2D eigenvalue weighted by molar-refractivity contribution is 0.517. The zero-order valence-electron chi connectivity index (χ0n) is 10.3. The summed E-state index contributed by atoms with van der Waals surface area (Å²) in [6, 6.07) is 0.458. The van der Waals surface area contributed by atoms with Crippen LogP contribution < -0.4 is 5.32 Å². The van der Waals surface area contributed by atoms with E-state index in [4.69, 9.17) is 0 Å². The van der Waals surface area contributed by atoms with E-state index in [9.17, 15) is 0 Å². The summed E-state index contributed by atoms with van der Waals surface area (Å²) in [6.45, 7) is 5.93. The van der Waals surface area contributed by atoms with Crippen molar-refractivity contribution in [3.05, 3.63) is 5.82 Å². The second-order valence-electron chi connectivity index (χ2n) is 4.38. The molecular weight excluding hydrogens is 254 g/mol. The van der Waals surface area contributed by atoms with E-state index in [-0.39, 0.29) is 0 Å². The lowest BCUT2D eigenvalue weighted by Crippen LogP contribution is -2.27. The second-order valence-corrected chi connectivity index (χ2v) is 6.94. The first-order chi connectivity index (χ1) is 8.25. The van der Waals surface area contributed by atoms with E-state index in [1.54, 1.807) is 0 Å². The minimum atomic E-state index is 0.458. The molecule has 0 spiro atoms. The summed E-state index contributed by atoms with van der Waals surface area (Å²) >= 11 is 4.07. The first-order valence-electron chi connectivity index (χ1n) is 5.93. The SMILES string of the molecule is CC(C)NCc1nnnn1CC1CSCCS1. The number of tetrazole rings is 1. The number of hydrogen-bond acceptors (Lipinski definition) is 6. The number of rotatable bonds is 5. The van der Waals surface area contributed by atoms with Gasteiger partial charge in [-0.05, 0) is 10.4 Å². The summed E-state index contributed by atoms with van der Waals surface area (Å²) in [6.07, 6.45) is 0. The van der Waals surface area contributed by atoms with E-state index >= 15 is 0 Å². The molecule has 0 bridgehead atoms. The lowest BCUT2D eigenvalue weighted by Gasteiger charge is -2.21. The van der Waals surface area contributed by atoms with E-state index in [1.807, 2.05) is 28.2 Å². The molecule has 0 radical (unpaired) electrons. The molecule has 96 valence electrons. The van der Waals surface area contributed by atoms with Crippen LogP contribution in [0.2, 0.25) is 0 Å². The maximum Gasteiger partial charge on any atom is 0.165 e. The van der Waals surface area contributed by atoms with Crippen LogP contribution >= 0.6 is 23.5 Å². The van der Waals surface area contributed by atoms with Crippen molar-refractivity contribution in [1.82, 2.24) is 25.5 Å². The summed E-state index contributed by atoms with van der Waals surface area (Å²) in [5.41, 5.74) is 0. The lowest BCUT2D eigenvalue weighted by atomic mass is 10.4. The Bertz CT molecular complexity index is 335. The van der Waals surface area contributed by atoms with Crippen molar-refractivity contribution in [2.75, 3.05) is 17.3 Å². The Labute approximate surface area is 110 Å². The smallest absolute Gasteiger partial charge is 0.165 e. The summed E-state index contributed by atoms with van der Waals surface area (Å²) in [5, 5.41) is 15.9. The third-order valence-corrected chi connectivity index (χ3v) is 5.36. The molecular formula is C10H19N5S2. The molecule has 0 aromatic carbocycles. The molecule has 1 unspecified atom stereocenters. The second kappa shape index (κ2) is 6.61. The third kappa shape index (κ3) is 4.15. The standard InChI is InChI=1S/C10H19N5S2/c1-8(2)11-5-10-12-13-14-15(10)6-9-7-16-3-4-17-9/h8-9,11H,3-7H2,1-2H3. The average molecular weight is 273 g/mol. The summed E-state index contributed by atoms with van der Waals surface area (Å²) < 4.78 is 1.94. The van der Waals surface area contributed by atoms with Crippen LogP contribution in [0.15, 0.2) is 0 Å². The Morgan fingerprint density at radius 3 is 3.06 bits per heavy atom. The monoisotopic (exact) mass is 273 g/mol. The predicted molar refractivity (Wildman–Crippen MR) is 73.4 cm³/mol. The molecule has 2 heterocycles. The van der Waals surface area contributed by atoms with E-state index in [0.717, 1.165) is 18.9 Å². The van der Waals surface area contributed by atoms with Gasteiger partial charge in [-0.25, -0.2) is 4.68 Å². The van der Waals surface area contributed by atoms with E-state index in [0.29, 0.717) is 11.3 Å². The Balaban J connectivity index is 1.88. The van der Waals surface area contributed by atoms with Gasteiger partial charge in [0.1, 0.15) is 0 Å². The molecule has 17 heavy (non-hydrogen) atoms. The van der Waals surface area contributed by atoms with Crippen molar-refractivity contribution in [1.29, 1.82) is 0 Å². The number of hydrogen-bond donors (Lipinski definition) is 1. The van der Waals surface area contributed by atoms with Gasteiger partial charge < -0.3 is 5.32 Å². The fraction of sp³-hybridized carbons (Fsp3) is 0.900. The van der Waals surface area contributed by atoms with Crippen LogP contribution in [-0.2, 0) is 13.1 Å². The number of nitrogens with one attached hydrogen (secondary N) is 1. The van der Waals surface area contributed by atoms with Crippen molar-refractivity contribution in [3.8, 4) is 0 Å². The maximum atomic E-state index is 4.08. The zero-order valence-corrected chi connectivity index (χ0v) is 11.9. The van der Waals surface area contributed by atoms with Gasteiger partial charge in [0.2, 0.25) is 0 Å². The van der Waals surface area contributed by atoms with Crippen LogP contribution in [-0.4, -0.2) is 48.8 Å². The predicted octanol–water partition coefficient (Wildman–Crippen LogP) is 1.02. The van der Waals surface area contributed by atoms with Crippen molar-refractivity contribution in [3.63, 3.8) is 0 Å². The highest BCUT2D eigenvalue weighted by Crippen LogP contribution is 2.25. The van der Waals surface area contributed by atoms with Crippen LogP contribution in [0.3, 0.4) is 0 Å². The molecule has 7 heteroatoms. The maximum absolute atomic E-state index is 4.08. The van der Waals surface area contributed by atoms with Crippen LogP contribution in [0.5, 0.6) is 0 Å². The summed E-state index contributed by atoms with van der Waals surface area (Å²) in [4.78, 5) is 0. The molecule has 0 saturated carbocycles. The van der Waals surface area contributed by atoms with Crippen molar-refractivity contribution >= 4 is 23.5 Å². The molecule has 1 aliphatic heterocycles. The Kier molecular flexibility index (Phi) is 5.12. The van der Waals surface area contributed by atoms with Gasteiger partial charge in [-0.2, -0.15) is 23.5 Å². The van der Waals surface area contributed by atoms with Gasteiger partial charge in [-0.1, -0.05) is 13.8 Å². The van der Waals surface area contributed by atoms with Gasteiger partial charge in [-0.3, -0.25) is 0 Å². The summed E-state index contributed by atoms with van der Waals surface area (Å²) in [5.74, 6) is 4.67. The molecule has 2 rings (SSSR count). The molecule has 0 aliphatic carbocycles. The molecule has 1 atom stereocenters. The van der Waals surface area contributed by atoms with E-state index in [1.165, 1.54) is 17.3 Å². The highest BCUT2D eigenvalue weighted by Gasteiger charge is 2.17.